The van der Waals surface area contributed by atoms with Crippen LogP contribution in [-0.2, 0) is 21.3 Å². The van der Waals surface area contributed by atoms with Crippen LogP contribution >= 0.6 is 11.3 Å². The third-order valence-corrected chi connectivity index (χ3v) is 5.10. The average molecular weight is 288 g/mol. The summed E-state index contributed by atoms with van der Waals surface area (Å²) in [7, 11) is -1.19. The van der Waals surface area contributed by atoms with Crippen LogP contribution in [0.25, 0.3) is 0 Å². The molecule has 0 bridgehead atoms. The molecule has 6 heteroatoms. The van der Waals surface area contributed by atoms with Gasteiger partial charge in [-0.15, -0.1) is 11.3 Å². The Hall–Kier alpha value is -0.750. The summed E-state index contributed by atoms with van der Waals surface area (Å²) >= 11 is 1.53. The Morgan fingerprint density at radius 2 is 2.17 bits per heavy atom. The lowest BCUT2D eigenvalue weighted by Crippen LogP contribution is -2.37. The first-order valence-electron chi connectivity index (χ1n) is 5.96. The molecule has 1 aromatic rings. The van der Waals surface area contributed by atoms with E-state index in [4.69, 9.17) is 0 Å². The summed E-state index contributed by atoms with van der Waals surface area (Å²) in [4.78, 5) is 16.9. The molecule has 1 rings (SSSR count). The summed E-state index contributed by atoms with van der Waals surface area (Å²) < 4.78 is 12.0. The van der Waals surface area contributed by atoms with Crippen molar-refractivity contribution in [2.75, 3.05) is 6.54 Å². The van der Waals surface area contributed by atoms with E-state index in [0.29, 0.717) is 18.2 Å². The number of carbonyl (C=O) groups excluding carboxylic acids is 1. The first-order valence-corrected chi connectivity index (χ1v) is 8.16. The largest absolute Gasteiger partial charge is 0.355 e. The monoisotopic (exact) mass is 288 g/mol. The molecular weight excluding hydrogens is 268 g/mol. The van der Waals surface area contributed by atoms with Crippen LogP contribution in [0.15, 0.2) is 6.20 Å². The molecule has 0 aromatic carbocycles. The molecule has 0 aliphatic rings. The summed E-state index contributed by atoms with van der Waals surface area (Å²) in [5.74, 6) is 0.670. The maximum atomic E-state index is 12.0. The van der Waals surface area contributed by atoms with Gasteiger partial charge in [-0.25, -0.2) is 4.98 Å². The highest BCUT2D eigenvalue weighted by Gasteiger charge is 2.20. The van der Waals surface area contributed by atoms with Crippen molar-refractivity contribution >= 4 is 28.0 Å². The second-order valence-electron chi connectivity index (χ2n) is 4.65. The van der Waals surface area contributed by atoms with Crippen molar-refractivity contribution in [1.29, 1.82) is 0 Å². The smallest absolute Gasteiger partial charge is 0.235 e. The fraction of sp³-hybridized carbons (Fsp3) is 0.667. The summed E-state index contributed by atoms with van der Waals surface area (Å²) in [6.45, 7) is 8.31. The van der Waals surface area contributed by atoms with E-state index in [0.717, 1.165) is 9.88 Å². The van der Waals surface area contributed by atoms with Crippen LogP contribution in [0.3, 0.4) is 0 Å². The molecule has 1 amide bonds. The number of aryl methyl sites for hydroxylation is 1. The second kappa shape index (κ2) is 6.99. The summed E-state index contributed by atoms with van der Waals surface area (Å²) in [6.07, 6.45) is 1.73. The predicted molar refractivity (Wildman–Crippen MR) is 76.0 cm³/mol. The van der Waals surface area contributed by atoms with Crippen LogP contribution in [0.5, 0.6) is 0 Å². The predicted octanol–water partition coefficient (Wildman–Crippen LogP) is 1.86. The summed E-state index contributed by atoms with van der Waals surface area (Å²) in [6, 6.07) is 0. The van der Waals surface area contributed by atoms with Crippen LogP contribution in [0, 0.1) is 12.8 Å². The highest BCUT2D eigenvalue weighted by atomic mass is 32.2. The number of hydrogen-bond donors (Lipinski definition) is 1. The molecule has 4 nitrogen and oxygen atoms in total. The minimum atomic E-state index is -1.19. The Balaban J connectivity index is 2.48. The molecule has 1 aromatic heterocycles. The van der Waals surface area contributed by atoms with E-state index in [1.165, 1.54) is 11.3 Å². The standard InChI is InChI=1S/C12H20N2O2S2/c1-8(2)5-14-12(15)9(3)18(16)7-11-6-13-10(4)17-11/h6,8-9H,5,7H2,1-4H3,(H,14,15)/t9-,18-/m1/s1. The minimum absolute atomic E-state index is 0.136. The van der Waals surface area contributed by atoms with Gasteiger partial charge in [0, 0.05) is 28.4 Å². The van der Waals surface area contributed by atoms with E-state index in [9.17, 15) is 9.00 Å². The van der Waals surface area contributed by atoms with Gasteiger partial charge in [0.25, 0.3) is 0 Å². The Labute approximate surface area is 115 Å². The molecule has 2 atom stereocenters. The fourth-order valence-electron chi connectivity index (χ4n) is 1.31. The maximum absolute atomic E-state index is 12.0. The van der Waals surface area contributed by atoms with E-state index < -0.39 is 16.0 Å². The Kier molecular flexibility index (Phi) is 5.95. The first-order chi connectivity index (χ1) is 8.40. The highest BCUT2D eigenvalue weighted by molar-refractivity contribution is 7.85. The number of amides is 1. The molecule has 0 radical (unpaired) electrons. The summed E-state index contributed by atoms with van der Waals surface area (Å²) in [5, 5.41) is 3.29. The Morgan fingerprint density at radius 3 is 2.67 bits per heavy atom. The molecule has 0 saturated heterocycles. The van der Waals surface area contributed by atoms with Crippen molar-refractivity contribution < 1.29 is 9.00 Å². The van der Waals surface area contributed by atoms with Gasteiger partial charge >= 0.3 is 0 Å². The zero-order valence-electron chi connectivity index (χ0n) is 11.2. The number of nitrogens with one attached hydrogen (secondary N) is 1. The fourth-order valence-corrected chi connectivity index (χ4v) is 3.41. The molecule has 1 heterocycles. The van der Waals surface area contributed by atoms with Gasteiger partial charge in [0.2, 0.25) is 5.91 Å². The lowest BCUT2D eigenvalue weighted by atomic mass is 10.2. The van der Waals surface area contributed by atoms with Gasteiger partial charge < -0.3 is 5.32 Å². The van der Waals surface area contributed by atoms with Crippen molar-refractivity contribution in [3.63, 3.8) is 0 Å². The van der Waals surface area contributed by atoms with Crippen LogP contribution in [0.4, 0.5) is 0 Å². The highest BCUT2D eigenvalue weighted by Crippen LogP contribution is 2.15. The van der Waals surface area contributed by atoms with Gasteiger partial charge in [-0.3, -0.25) is 9.00 Å². The van der Waals surface area contributed by atoms with E-state index in [1.54, 1.807) is 13.1 Å². The molecule has 0 unspecified atom stereocenters. The minimum Gasteiger partial charge on any atom is -0.355 e. The van der Waals surface area contributed by atoms with Crippen molar-refractivity contribution in [2.45, 2.75) is 38.7 Å². The molecule has 0 spiro atoms. The van der Waals surface area contributed by atoms with E-state index in [1.807, 2.05) is 20.8 Å². The normalized spacial score (nSPS) is 14.5. The van der Waals surface area contributed by atoms with Crippen LogP contribution in [0.2, 0.25) is 0 Å². The molecule has 0 aliphatic heterocycles. The van der Waals surface area contributed by atoms with Gasteiger partial charge in [0.15, 0.2) is 0 Å². The number of aromatic nitrogens is 1. The summed E-state index contributed by atoms with van der Waals surface area (Å²) in [5.41, 5.74) is 0. The van der Waals surface area contributed by atoms with E-state index in [2.05, 4.69) is 10.3 Å². The van der Waals surface area contributed by atoms with Gasteiger partial charge in [0.1, 0.15) is 5.25 Å². The van der Waals surface area contributed by atoms with Crippen LogP contribution in [0.1, 0.15) is 30.7 Å². The van der Waals surface area contributed by atoms with Crippen LogP contribution < -0.4 is 5.32 Å². The van der Waals surface area contributed by atoms with Crippen molar-refractivity contribution in [3.05, 3.63) is 16.1 Å². The number of nitrogens with zero attached hydrogens (tertiary/aromatic N) is 1. The van der Waals surface area contributed by atoms with Crippen molar-refractivity contribution in [1.82, 2.24) is 10.3 Å². The second-order valence-corrected chi connectivity index (χ2v) is 7.73. The van der Waals surface area contributed by atoms with Crippen molar-refractivity contribution in [2.24, 2.45) is 5.92 Å². The molecule has 102 valence electrons. The first kappa shape index (κ1) is 15.3. The molecule has 0 aliphatic carbocycles. The number of thiazole rings is 1. The van der Waals surface area contributed by atoms with Gasteiger partial charge in [0.05, 0.1) is 10.8 Å². The van der Waals surface area contributed by atoms with E-state index >= 15 is 0 Å². The number of carbonyl (C=O) groups is 1. The SMILES string of the molecule is Cc1ncc(C[S@@](=O)[C@H](C)C(=O)NCC(C)C)s1. The molecule has 1 N–H and O–H groups in total. The third kappa shape index (κ3) is 4.86. The maximum Gasteiger partial charge on any atom is 0.235 e. The molecule has 0 fully saturated rings. The zero-order valence-corrected chi connectivity index (χ0v) is 12.9. The van der Waals surface area contributed by atoms with Gasteiger partial charge in [-0.05, 0) is 19.8 Å². The van der Waals surface area contributed by atoms with Gasteiger partial charge in [-0.2, -0.15) is 0 Å². The van der Waals surface area contributed by atoms with Gasteiger partial charge in [-0.1, -0.05) is 13.8 Å². The quantitative estimate of drug-likeness (QED) is 0.869. The van der Waals surface area contributed by atoms with Crippen molar-refractivity contribution in [3.8, 4) is 0 Å². The molecule has 0 saturated carbocycles. The topological polar surface area (TPSA) is 59.1 Å². The Bertz CT molecular complexity index is 429. The number of rotatable bonds is 6. The lowest BCUT2D eigenvalue weighted by Gasteiger charge is -2.12. The zero-order chi connectivity index (χ0) is 13.7. The van der Waals surface area contributed by atoms with Crippen LogP contribution in [-0.4, -0.2) is 26.9 Å². The van der Waals surface area contributed by atoms with E-state index in [-0.39, 0.29) is 5.91 Å². The Morgan fingerprint density at radius 1 is 1.50 bits per heavy atom. The third-order valence-electron chi connectivity index (χ3n) is 2.40. The average Bonchev–Trinajstić information content (AvgIpc) is 2.70. The molecule has 18 heavy (non-hydrogen) atoms. The lowest BCUT2D eigenvalue weighted by molar-refractivity contribution is -0.120. The molecular formula is C12H20N2O2S2. The number of hydrogen-bond acceptors (Lipinski definition) is 4.